The molecule has 0 aromatic carbocycles. The minimum absolute atomic E-state index is 0.0777. The highest BCUT2D eigenvalue weighted by molar-refractivity contribution is 5.92. The molecule has 1 atom stereocenters. The molecule has 1 aliphatic heterocycles. The zero-order chi connectivity index (χ0) is 13.9. The molecule has 1 N–H and O–H groups in total. The molecule has 110 valence electrons. The van der Waals surface area contributed by atoms with Crippen LogP contribution >= 0.6 is 0 Å². The number of carbonyl (C=O) groups is 1. The molecular weight excluding hydrogens is 254 g/mol. The Morgan fingerprint density at radius 3 is 3.05 bits per heavy atom. The van der Waals surface area contributed by atoms with E-state index in [1.165, 1.54) is 19.3 Å². The molecule has 2 heterocycles. The summed E-state index contributed by atoms with van der Waals surface area (Å²) in [4.78, 5) is 14.6. The van der Waals surface area contributed by atoms with Gasteiger partial charge in [0.2, 0.25) is 0 Å². The van der Waals surface area contributed by atoms with E-state index in [-0.39, 0.29) is 5.91 Å². The lowest BCUT2D eigenvalue weighted by Crippen LogP contribution is -2.44. The maximum Gasteiger partial charge on any atom is 0.274 e. The Bertz CT molecular complexity index is 467. The van der Waals surface area contributed by atoms with Crippen LogP contribution in [-0.4, -0.2) is 47.3 Å². The van der Waals surface area contributed by atoms with Gasteiger partial charge in [-0.1, -0.05) is 0 Å². The average Bonchev–Trinajstić information content (AvgIpc) is 3.22. The lowest BCUT2D eigenvalue weighted by Gasteiger charge is -2.35. The fourth-order valence-electron chi connectivity index (χ4n) is 3.02. The Morgan fingerprint density at radius 1 is 1.45 bits per heavy atom. The first-order chi connectivity index (χ1) is 9.79. The number of aromatic nitrogens is 2. The van der Waals surface area contributed by atoms with E-state index in [4.69, 9.17) is 4.74 Å². The zero-order valence-electron chi connectivity index (χ0n) is 12.1. The third kappa shape index (κ3) is 2.87. The molecule has 3 rings (SSSR count). The van der Waals surface area contributed by atoms with E-state index in [0.29, 0.717) is 24.3 Å². The van der Waals surface area contributed by atoms with E-state index in [0.717, 1.165) is 31.5 Å². The molecule has 1 aromatic heterocycles. The van der Waals surface area contributed by atoms with Gasteiger partial charge in [0.25, 0.3) is 5.91 Å². The van der Waals surface area contributed by atoms with E-state index in [1.807, 2.05) is 11.0 Å². The first kappa shape index (κ1) is 13.6. The maximum absolute atomic E-state index is 12.6. The molecule has 5 heteroatoms. The normalized spacial score (nSPS) is 23.1. The van der Waals surface area contributed by atoms with Crippen LogP contribution in [0, 0.1) is 0 Å². The van der Waals surface area contributed by atoms with E-state index < -0.39 is 0 Å². The number of carbonyl (C=O) groups excluding carboxylic acids is 1. The lowest BCUT2D eigenvalue weighted by molar-refractivity contribution is 0.0547. The van der Waals surface area contributed by atoms with Crippen molar-refractivity contribution in [3.05, 3.63) is 17.5 Å². The standard InChI is InChI=1S/C15H23N3O2/c1-20-9-7-12-4-2-3-8-18(12)15(19)14-10-13(16-17-14)11-5-6-11/h10-12H,2-9H2,1H3,(H,16,17)/t12-/m0/s1. The van der Waals surface area contributed by atoms with Crippen molar-refractivity contribution in [3.8, 4) is 0 Å². The summed E-state index contributed by atoms with van der Waals surface area (Å²) in [6, 6.07) is 2.25. The molecule has 1 saturated heterocycles. The van der Waals surface area contributed by atoms with Gasteiger partial charge in [-0.2, -0.15) is 5.10 Å². The Hall–Kier alpha value is -1.36. The number of likely N-dealkylation sites (tertiary alicyclic amines) is 1. The van der Waals surface area contributed by atoms with Crippen LogP contribution in [0.25, 0.3) is 0 Å². The van der Waals surface area contributed by atoms with Gasteiger partial charge in [-0.3, -0.25) is 9.89 Å². The quantitative estimate of drug-likeness (QED) is 0.898. The smallest absolute Gasteiger partial charge is 0.274 e. The minimum Gasteiger partial charge on any atom is -0.385 e. The first-order valence-electron chi connectivity index (χ1n) is 7.65. The number of aromatic amines is 1. The lowest BCUT2D eigenvalue weighted by atomic mass is 9.99. The van der Waals surface area contributed by atoms with Crippen molar-refractivity contribution in [2.24, 2.45) is 0 Å². The largest absolute Gasteiger partial charge is 0.385 e. The number of ether oxygens (including phenoxy) is 1. The number of rotatable bonds is 5. The molecule has 1 aliphatic carbocycles. The number of nitrogens with zero attached hydrogens (tertiary/aromatic N) is 2. The van der Waals surface area contributed by atoms with Gasteiger partial charge in [0.15, 0.2) is 0 Å². The maximum atomic E-state index is 12.6. The number of H-pyrrole nitrogens is 1. The summed E-state index contributed by atoms with van der Waals surface area (Å²) in [6.45, 7) is 1.56. The molecule has 0 bridgehead atoms. The molecule has 0 radical (unpaired) electrons. The first-order valence-corrected chi connectivity index (χ1v) is 7.65. The SMILES string of the molecule is COCC[C@@H]1CCCCN1C(=O)c1cc(C2CC2)[nH]n1. The van der Waals surface area contributed by atoms with Crippen molar-refractivity contribution in [2.75, 3.05) is 20.3 Å². The Balaban J connectivity index is 1.68. The van der Waals surface area contributed by atoms with Gasteiger partial charge in [-0.05, 0) is 44.6 Å². The molecular formula is C15H23N3O2. The van der Waals surface area contributed by atoms with Crippen molar-refractivity contribution in [1.29, 1.82) is 0 Å². The van der Waals surface area contributed by atoms with Crippen molar-refractivity contribution >= 4 is 5.91 Å². The second-order valence-corrected chi connectivity index (χ2v) is 5.91. The number of hydrogen-bond donors (Lipinski definition) is 1. The topological polar surface area (TPSA) is 58.2 Å². The Morgan fingerprint density at radius 2 is 2.30 bits per heavy atom. The molecule has 0 unspecified atom stereocenters. The minimum atomic E-state index is 0.0777. The summed E-state index contributed by atoms with van der Waals surface area (Å²) in [5.74, 6) is 0.684. The Kier molecular flexibility index (Phi) is 4.05. The second-order valence-electron chi connectivity index (χ2n) is 5.91. The fourth-order valence-corrected chi connectivity index (χ4v) is 3.02. The van der Waals surface area contributed by atoms with Crippen LogP contribution in [0.2, 0.25) is 0 Å². The number of methoxy groups -OCH3 is 1. The summed E-state index contributed by atoms with van der Waals surface area (Å²) >= 11 is 0. The van der Waals surface area contributed by atoms with Gasteiger partial charge in [0.1, 0.15) is 5.69 Å². The molecule has 2 aliphatic rings. The predicted octanol–water partition coefficient (Wildman–Crippen LogP) is 2.32. The summed E-state index contributed by atoms with van der Waals surface area (Å²) in [6.07, 6.45) is 6.73. The third-order valence-electron chi connectivity index (χ3n) is 4.38. The van der Waals surface area contributed by atoms with Crippen LogP contribution in [0.3, 0.4) is 0 Å². The van der Waals surface area contributed by atoms with Crippen LogP contribution in [0.1, 0.15) is 60.6 Å². The highest BCUT2D eigenvalue weighted by Gasteiger charge is 2.31. The van der Waals surface area contributed by atoms with Crippen LogP contribution in [-0.2, 0) is 4.74 Å². The van der Waals surface area contributed by atoms with E-state index >= 15 is 0 Å². The van der Waals surface area contributed by atoms with Crippen molar-refractivity contribution < 1.29 is 9.53 Å². The number of hydrogen-bond acceptors (Lipinski definition) is 3. The molecule has 5 nitrogen and oxygen atoms in total. The van der Waals surface area contributed by atoms with E-state index in [9.17, 15) is 4.79 Å². The average molecular weight is 277 g/mol. The highest BCUT2D eigenvalue weighted by atomic mass is 16.5. The fraction of sp³-hybridized carbons (Fsp3) is 0.733. The number of amides is 1. The number of piperidine rings is 1. The monoisotopic (exact) mass is 277 g/mol. The van der Waals surface area contributed by atoms with Gasteiger partial charge in [0.05, 0.1) is 0 Å². The highest BCUT2D eigenvalue weighted by Crippen LogP contribution is 2.39. The molecule has 0 spiro atoms. The second kappa shape index (κ2) is 5.95. The van der Waals surface area contributed by atoms with Crippen molar-refractivity contribution in [3.63, 3.8) is 0 Å². The zero-order valence-corrected chi connectivity index (χ0v) is 12.1. The van der Waals surface area contributed by atoms with E-state index in [1.54, 1.807) is 7.11 Å². The van der Waals surface area contributed by atoms with Gasteiger partial charge in [0, 0.05) is 37.9 Å². The van der Waals surface area contributed by atoms with Gasteiger partial charge in [-0.25, -0.2) is 0 Å². The molecule has 1 amide bonds. The van der Waals surface area contributed by atoms with Crippen LogP contribution in [0.5, 0.6) is 0 Å². The van der Waals surface area contributed by atoms with Crippen LogP contribution in [0.15, 0.2) is 6.07 Å². The Labute approximate surface area is 119 Å². The number of nitrogens with one attached hydrogen (secondary N) is 1. The summed E-state index contributed by atoms with van der Waals surface area (Å²) < 4.78 is 5.16. The van der Waals surface area contributed by atoms with E-state index in [2.05, 4.69) is 10.2 Å². The van der Waals surface area contributed by atoms with Gasteiger partial charge >= 0.3 is 0 Å². The molecule has 1 aromatic rings. The summed E-state index contributed by atoms with van der Waals surface area (Å²) in [5, 5.41) is 7.24. The van der Waals surface area contributed by atoms with Gasteiger partial charge < -0.3 is 9.64 Å². The predicted molar refractivity (Wildman–Crippen MR) is 75.7 cm³/mol. The third-order valence-corrected chi connectivity index (χ3v) is 4.38. The van der Waals surface area contributed by atoms with Crippen molar-refractivity contribution in [2.45, 2.75) is 50.5 Å². The molecule has 1 saturated carbocycles. The molecule has 20 heavy (non-hydrogen) atoms. The van der Waals surface area contributed by atoms with Gasteiger partial charge in [-0.15, -0.1) is 0 Å². The summed E-state index contributed by atoms with van der Waals surface area (Å²) in [7, 11) is 1.71. The molecule has 2 fully saturated rings. The summed E-state index contributed by atoms with van der Waals surface area (Å²) in [5.41, 5.74) is 1.70. The van der Waals surface area contributed by atoms with Crippen LogP contribution in [0.4, 0.5) is 0 Å². The van der Waals surface area contributed by atoms with Crippen molar-refractivity contribution in [1.82, 2.24) is 15.1 Å². The van der Waals surface area contributed by atoms with Crippen LogP contribution < -0.4 is 0 Å².